The molecule has 2 heterocycles. The second-order valence-corrected chi connectivity index (χ2v) is 10.6. The highest BCUT2D eigenvalue weighted by Crippen LogP contribution is 2.38. The molecule has 0 atom stereocenters. The summed E-state index contributed by atoms with van der Waals surface area (Å²) in [5.41, 5.74) is 2.49. The van der Waals surface area contributed by atoms with Gasteiger partial charge in [-0.25, -0.2) is 9.37 Å². The second-order valence-electron chi connectivity index (χ2n) is 10.2. The number of aryl methyl sites for hydroxylation is 1. The van der Waals surface area contributed by atoms with Crippen molar-refractivity contribution in [3.05, 3.63) is 57.2 Å². The number of anilines is 2. The average molecular weight is 524 g/mol. The first-order valence-electron chi connectivity index (χ1n) is 12.7. The number of nitriles is 1. The molecule has 2 fully saturated rings. The van der Waals surface area contributed by atoms with E-state index in [0.29, 0.717) is 33.8 Å². The number of benzene rings is 1. The Kier molecular flexibility index (Phi) is 7.00. The lowest BCUT2D eigenvalue weighted by atomic mass is 9.88. The average Bonchev–Trinajstić information content (AvgIpc) is 3.73. The molecular weight excluding hydrogens is 493 g/mol. The number of rotatable bonds is 7. The molecule has 1 aromatic carbocycles. The van der Waals surface area contributed by atoms with Crippen LogP contribution in [0.1, 0.15) is 44.1 Å². The number of fused-ring (bicyclic) bond motifs is 1. The fraction of sp³-hybridized carbons (Fsp3) is 0.464. The molecule has 0 N–H and O–H groups in total. The monoisotopic (exact) mass is 523 g/mol. The van der Waals surface area contributed by atoms with Gasteiger partial charge < -0.3 is 19.1 Å². The highest BCUT2D eigenvalue weighted by molar-refractivity contribution is 6.29. The fourth-order valence-corrected chi connectivity index (χ4v) is 5.77. The molecule has 2 aliphatic carbocycles. The lowest BCUT2D eigenvalue weighted by molar-refractivity contribution is 0.363. The molecule has 0 unspecified atom stereocenters. The van der Waals surface area contributed by atoms with Crippen LogP contribution in [0.2, 0.25) is 5.15 Å². The van der Waals surface area contributed by atoms with Crippen molar-refractivity contribution in [2.75, 3.05) is 30.5 Å². The third-order valence-electron chi connectivity index (χ3n) is 7.92. The van der Waals surface area contributed by atoms with Crippen LogP contribution in [0.5, 0.6) is 5.75 Å². The number of pyridine rings is 2. The van der Waals surface area contributed by atoms with E-state index >= 15 is 0 Å². The van der Waals surface area contributed by atoms with E-state index in [-0.39, 0.29) is 28.7 Å². The minimum absolute atomic E-state index is 0.0863. The Morgan fingerprint density at radius 1 is 1.16 bits per heavy atom. The quantitative estimate of drug-likeness (QED) is 0.393. The SMILES string of the molecule is COc1cc(N(CC2CC2)[C@H]2CC[C@H](N(C)c3c(C#N)c(=O)n(C)c4ccc(Cl)nc34)CC2)ccc1F. The number of hydrogen-bond donors (Lipinski definition) is 0. The minimum atomic E-state index is -0.355. The van der Waals surface area contributed by atoms with Crippen LogP contribution in [0, 0.1) is 23.1 Å². The van der Waals surface area contributed by atoms with E-state index in [2.05, 4.69) is 16.0 Å². The van der Waals surface area contributed by atoms with Gasteiger partial charge in [0, 0.05) is 44.5 Å². The number of halogens is 2. The van der Waals surface area contributed by atoms with Crippen LogP contribution in [-0.4, -0.2) is 42.3 Å². The third kappa shape index (κ3) is 4.85. The van der Waals surface area contributed by atoms with Crippen molar-refractivity contribution in [1.82, 2.24) is 9.55 Å². The number of methoxy groups -OCH3 is 1. The number of ether oxygens (including phenoxy) is 1. The van der Waals surface area contributed by atoms with E-state index in [1.807, 2.05) is 18.0 Å². The smallest absolute Gasteiger partial charge is 0.270 e. The molecule has 2 aromatic heterocycles. The number of nitrogens with zero attached hydrogens (tertiary/aromatic N) is 5. The van der Waals surface area contributed by atoms with E-state index in [1.54, 1.807) is 25.2 Å². The van der Waals surface area contributed by atoms with Crippen LogP contribution in [0.4, 0.5) is 15.8 Å². The summed E-state index contributed by atoms with van der Waals surface area (Å²) in [5.74, 6) is 0.586. The van der Waals surface area contributed by atoms with E-state index in [9.17, 15) is 14.4 Å². The highest BCUT2D eigenvalue weighted by Gasteiger charge is 2.34. The predicted molar refractivity (Wildman–Crippen MR) is 144 cm³/mol. The van der Waals surface area contributed by atoms with Gasteiger partial charge in [-0.05, 0) is 68.7 Å². The molecule has 3 aromatic rings. The van der Waals surface area contributed by atoms with Crippen LogP contribution < -0.4 is 20.1 Å². The van der Waals surface area contributed by atoms with Gasteiger partial charge in [0.2, 0.25) is 0 Å². The maximum Gasteiger partial charge on any atom is 0.270 e. The molecule has 0 radical (unpaired) electrons. The molecule has 0 amide bonds. The third-order valence-corrected chi connectivity index (χ3v) is 8.13. The molecule has 2 aliphatic rings. The van der Waals surface area contributed by atoms with Crippen LogP contribution in [0.15, 0.2) is 35.1 Å². The van der Waals surface area contributed by atoms with Crippen molar-refractivity contribution >= 4 is 34.0 Å². The summed E-state index contributed by atoms with van der Waals surface area (Å²) in [4.78, 5) is 22.0. The standard InChI is InChI=1S/C28H31ClFN5O2/c1-33(27-21(15-31)28(36)34(2)23-12-13-25(29)32-26(23)27)18-6-8-19(9-7-18)35(16-17-4-5-17)20-10-11-22(30)24(14-20)37-3/h10-14,17-19H,4-9,16H2,1-3H3/t18-,19-. The van der Waals surface area contributed by atoms with Gasteiger partial charge >= 0.3 is 0 Å². The summed E-state index contributed by atoms with van der Waals surface area (Å²) >= 11 is 6.22. The van der Waals surface area contributed by atoms with Gasteiger partial charge in [0.15, 0.2) is 11.6 Å². The van der Waals surface area contributed by atoms with Gasteiger partial charge in [0.1, 0.15) is 22.3 Å². The Morgan fingerprint density at radius 2 is 1.86 bits per heavy atom. The summed E-state index contributed by atoms with van der Waals surface area (Å²) in [7, 11) is 5.08. The number of aromatic nitrogens is 2. The van der Waals surface area contributed by atoms with Crippen molar-refractivity contribution in [2.24, 2.45) is 13.0 Å². The van der Waals surface area contributed by atoms with Gasteiger partial charge in [0.25, 0.3) is 5.56 Å². The Bertz CT molecular complexity index is 1420. The molecule has 37 heavy (non-hydrogen) atoms. The van der Waals surface area contributed by atoms with Crippen LogP contribution in [0.3, 0.4) is 0 Å². The van der Waals surface area contributed by atoms with Crippen LogP contribution in [0.25, 0.3) is 11.0 Å². The van der Waals surface area contributed by atoms with Crippen LogP contribution in [-0.2, 0) is 7.05 Å². The van der Waals surface area contributed by atoms with Crippen LogP contribution >= 0.6 is 11.6 Å². The van der Waals surface area contributed by atoms with Gasteiger partial charge in [-0.2, -0.15) is 5.26 Å². The maximum absolute atomic E-state index is 14.1. The van der Waals surface area contributed by atoms with E-state index in [4.69, 9.17) is 16.3 Å². The van der Waals surface area contributed by atoms with E-state index in [1.165, 1.54) is 30.6 Å². The molecule has 5 rings (SSSR count). The van der Waals surface area contributed by atoms with E-state index < -0.39 is 0 Å². The molecule has 0 spiro atoms. The zero-order valence-electron chi connectivity index (χ0n) is 21.4. The first-order chi connectivity index (χ1) is 17.8. The van der Waals surface area contributed by atoms with Crippen molar-refractivity contribution in [1.29, 1.82) is 5.26 Å². The first-order valence-corrected chi connectivity index (χ1v) is 13.1. The topological polar surface area (TPSA) is 74.4 Å². The normalized spacial score (nSPS) is 19.5. The second kappa shape index (κ2) is 10.2. The predicted octanol–water partition coefficient (Wildman–Crippen LogP) is 5.27. The van der Waals surface area contributed by atoms with Crippen molar-refractivity contribution in [2.45, 2.75) is 50.6 Å². The van der Waals surface area contributed by atoms with Crippen molar-refractivity contribution in [3.8, 4) is 11.8 Å². The van der Waals surface area contributed by atoms with Crippen molar-refractivity contribution in [3.63, 3.8) is 0 Å². The first kappa shape index (κ1) is 25.3. The molecule has 9 heteroatoms. The molecular formula is C28H31ClFN5O2. The lowest BCUT2D eigenvalue weighted by Gasteiger charge is -2.41. The molecule has 0 bridgehead atoms. The fourth-order valence-electron chi connectivity index (χ4n) is 5.62. The Morgan fingerprint density at radius 3 is 2.51 bits per heavy atom. The zero-order chi connectivity index (χ0) is 26.3. The summed E-state index contributed by atoms with van der Waals surface area (Å²) in [6, 6.07) is 11.1. The molecule has 2 saturated carbocycles. The van der Waals surface area contributed by atoms with Gasteiger partial charge in [0.05, 0.1) is 18.3 Å². The van der Waals surface area contributed by atoms with Gasteiger partial charge in [-0.3, -0.25) is 4.79 Å². The number of hydrogen-bond acceptors (Lipinski definition) is 6. The molecule has 0 saturated heterocycles. The Hall–Kier alpha value is -3.31. The summed E-state index contributed by atoms with van der Waals surface area (Å²) in [5, 5.41) is 10.2. The van der Waals surface area contributed by atoms with E-state index in [0.717, 1.165) is 37.9 Å². The largest absolute Gasteiger partial charge is 0.494 e. The lowest BCUT2D eigenvalue weighted by Crippen LogP contribution is -2.44. The molecule has 194 valence electrons. The minimum Gasteiger partial charge on any atom is -0.494 e. The summed E-state index contributed by atoms with van der Waals surface area (Å²) in [6.07, 6.45) is 6.14. The summed E-state index contributed by atoms with van der Waals surface area (Å²) in [6.45, 7) is 0.959. The summed E-state index contributed by atoms with van der Waals surface area (Å²) < 4.78 is 20.8. The highest BCUT2D eigenvalue weighted by atomic mass is 35.5. The Balaban J connectivity index is 1.41. The molecule has 7 nitrogen and oxygen atoms in total. The Labute approximate surface area is 221 Å². The van der Waals surface area contributed by atoms with Gasteiger partial charge in [-0.15, -0.1) is 0 Å². The zero-order valence-corrected chi connectivity index (χ0v) is 22.1. The van der Waals surface area contributed by atoms with Gasteiger partial charge in [-0.1, -0.05) is 11.6 Å². The van der Waals surface area contributed by atoms with Crippen molar-refractivity contribution < 1.29 is 9.13 Å². The maximum atomic E-state index is 14.1. The molecule has 0 aliphatic heterocycles.